The number of carbonyl (C=O) groups is 2. The van der Waals surface area contributed by atoms with E-state index in [0.29, 0.717) is 22.6 Å². The number of amides is 2. The van der Waals surface area contributed by atoms with Crippen molar-refractivity contribution in [1.29, 1.82) is 0 Å². The molecule has 0 aliphatic carbocycles. The van der Waals surface area contributed by atoms with Gasteiger partial charge in [-0.15, -0.1) is 0 Å². The molecule has 2 amide bonds. The first-order valence-electron chi connectivity index (χ1n) is 11.2. The molecule has 1 atom stereocenters. The number of hydrogen-bond acceptors (Lipinski definition) is 7. The summed E-state index contributed by atoms with van der Waals surface area (Å²) in [6.45, 7) is 2.23. The SMILES string of the molecule is CSCC[C@H](NC(=O)c1ccc(COc2cccnc2)cc1-c1ccccc1C)C(=O)NS(C)(=O)=O. The summed E-state index contributed by atoms with van der Waals surface area (Å²) in [5.41, 5.74) is 3.75. The summed E-state index contributed by atoms with van der Waals surface area (Å²) < 4.78 is 31.0. The number of aromatic nitrogens is 1. The van der Waals surface area contributed by atoms with E-state index in [4.69, 9.17) is 4.74 Å². The number of thioether (sulfide) groups is 1. The van der Waals surface area contributed by atoms with E-state index in [-0.39, 0.29) is 13.0 Å². The topological polar surface area (TPSA) is 114 Å². The molecule has 1 heterocycles. The number of nitrogens with zero attached hydrogens (tertiary/aromatic N) is 1. The maximum Gasteiger partial charge on any atom is 0.256 e. The highest BCUT2D eigenvalue weighted by atomic mass is 32.2. The molecule has 8 nitrogen and oxygen atoms in total. The Morgan fingerprint density at radius 3 is 2.53 bits per heavy atom. The predicted octanol–water partition coefficient (Wildman–Crippen LogP) is 3.56. The molecule has 3 aromatic rings. The van der Waals surface area contributed by atoms with Gasteiger partial charge >= 0.3 is 0 Å². The second-order valence-electron chi connectivity index (χ2n) is 8.22. The highest BCUT2D eigenvalue weighted by Crippen LogP contribution is 2.29. The Hall–Kier alpha value is -3.37. The summed E-state index contributed by atoms with van der Waals surface area (Å²) in [5, 5.41) is 2.73. The molecule has 2 aromatic carbocycles. The second kappa shape index (κ2) is 12.5. The largest absolute Gasteiger partial charge is 0.487 e. The molecule has 0 bridgehead atoms. The van der Waals surface area contributed by atoms with E-state index < -0.39 is 27.9 Å². The number of rotatable bonds is 11. The fourth-order valence-electron chi connectivity index (χ4n) is 3.57. The predicted molar refractivity (Wildman–Crippen MR) is 142 cm³/mol. The molecule has 10 heteroatoms. The monoisotopic (exact) mass is 527 g/mol. The van der Waals surface area contributed by atoms with Crippen molar-refractivity contribution >= 4 is 33.6 Å². The molecule has 190 valence electrons. The number of hydrogen-bond donors (Lipinski definition) is 2. The first kappa shape index (κ1) is 27.2. The van der Waals surface area contributed by atoms with Crippen LogP contribution in [0.5, 0.6) is 5.75 Å². The summed E-state index contributed by atoms with van der Waals surface area (Å²) in [6, 6.07) is 15.7. The number of nitrogens with one attached hydrogen (secondary N) is 2. The van der Waals surface area contributed by atoms with Crippen molar-refractivity contribution in [2.24, 2.45) is 0 Å². The number of sulfonamides is 1. The van der Waals surface area contributed by atoms with Crippen LogP contribution in [-0.4, -0.2) is 49.5 Å². The van der Waals surface area contributed by atoms with Gasteiger partial charge in [0.2, 0.25) is 10.0 Å². The van der Waals surface area contributed by atoms with E-state index in [1.165, 1.54) is 11.8 Å². The maximum absolute atomic E-state index is 13.4. The minimum Gasteiger partial charge on any atom is -0.487 e. The molecule has 0 spiro atoms. The van der Waals surface area contributed by atoms with Gasteiger partial charge in [-0.2, -0.15) is 11.8 Å². The zero-order valence-electron chi connectivity index (χ0n) is 20.4. The Bertz CT molecular complexity index is 1310. The molecule has 0 unspecified atom stereocenters. The third-order valence-electron chi connectivity index (χ3n) is 5.32. The van der Waals surface area contributed by atoms with Gasteiger partial charge in [-0.05, 0) is 71.9 Å². The van der Waals surface area contributed by atoms with Gasteiger partial charge in [-0.1, -0.05) is 30.3 Å². The lowest BCUT2D eigenvalue weighted by atomic mass is 9.93. The lowest BCUT2D eigenvalue weighted by Gasteiger charge is -2.20. The molecule has 0 saturated heterocycles. The number of ether oxygens (including phenoxy) is 1. The van der Waals surface area contributed by atoms with Crippen LogP contribution in [0.15, 0.2) is 67.0 Å². The van der Waals surface area contributed by atoms with Crippen molar-refractivity contribution in [3.63, 3.8) is 0 Å². The Balaban J connectivity index is 1.92. The summed E-state index contributed by atoms with van der Waals surface area (Å²) in [5.74, 6) is -0.0379. The van der Waals surface area contributed by atoms with E-state index in [9.17, 15) is 18.0 Å². The fraction of sp³-hybridized carbons (Fsp3) is 0.269. The lowest BCUT2D eigenvalue weighted by molar-refractivity contribution is -0.121. The Labute approximate surface area is 215 Å². The number of pyridine rings is 1. The summed E-state index contributed by atoms with van der Waals surface area (Å²) in [6.07, 6.45) is 6.35. The number of aryl methyl sites for hydroxylation is 1. The fourth-order valence-corrected chi connectivity index (χ4v) is 4.55. The van der Waals surface area contributed by atoms with Crippen LogP contribution in [0.1, 0.15) is 27.9 Å². The first-order valence-corrected chi connectivity index (χ1v) is 14.5. The van der Waals surface area contributed by atoms with Crippen molar-refractivity contribution in [3.8, 4) is 16.9 Å². The minimum absolute atomic E-state index is 0.277. The first-order chi connectivity index (χ1) is 17.2. The van der Waals surface area contributed by atoms with Gasteiger partial charge in [0.25, 0.3) is 11.8 Å². The molecule has 0 radical (unpaired) electrons. The van der Waals surface area contributed by atoms with E-state index >= 15 is 0 Å². The molecule has 0 aliphatic heterocycles. The van der Waals surface area contributed by atoms with Crippen molar-refractivity contribution in [2.75, 3.05) is 18.3 Å². The average molecular weight is 528 g/mol. The highest BCUT2D eigenvalue weighted by molar-refractivity contribution is 7.98. The Morgan fingerprint density at radius 1 is 1.08 bits per heavy atom. The smallest absolute Gasteiger partial charge is 0.256 e. The van der Waals surface area contributed by atoms with E-state index in [0.717, 1.165) is 22.9 Å². The van der Waals surface area contributed by atoms with E-state index in [2.05, 4.69) is 10.3 Å². The third kappa shape index (κ3) is 7.82. The standard InChI is InChI=1S/C26H29N3O5S2/c1-18-7-4-5-9-21(18)23-15-19(17-34-20-8-6-13-27-16-20)10-11-22(23)25(30)28-24(12-14-35-2)26(31)29-36(3,32)33/h4-11,13,15-16,24H,12,14,17H2,1-3H3,(H,28,30)(H,29,31)/t24-/m0/s1. The van der Waals surface area contributed by atoms with Crippen LogP contribution < -0.4 is 14.8 Å². The summed E-state index contributed by atoms with van der Waals surface area (Å²) in [4.78, 5) is 30.0. The molecule has 0 aliphatic rings. The molecule has 0 saturated carbocycles. The Morgan fingerprint density at radius 2 is 1.86 bits per heavy atom. The third-order valence-corrected chi connectivity index (χ3v) is 6.54. The zero-order chi connectivity index (χ0) is 26.1. The maximum atomic E-state index is 13.4. The van der Waals surface area contributed by atoms with Gasteiger partial charge in [0.1, 0.15) is 18.4 Å². The van der Waals surface area contributed by atoms with E-state index in [1.807, 2.05) is 54.3 Å². The van der Waals surface area contributed by atoms with Crippen LogP contribution in [0.2, 0.25) is 0 Å². The molecule has 36 heavy (non-hydrogen) atoms. The van der Waals surface area contributed by atoms with Crippen LogP contribution in [0.3, 0.4) is 0 Å². The summed E-state index contributed by atoms with van der Waals surface area (Å²) >= 11 is 1.50. The minimum atomic E-state index is -3.76. The number of carbonyl (C=O) groups excluding carboxylic acids is 2. The molecule has 3 rings (SSSR count). The van der Waals surface area contributed by atoms with Gasteiger partial charge < -0.3 is 10.1 Å². The second-order valence-corrected chi connectivity index (χ2v) is 11.0. The Kier molecular flexibility index (Phi) is 9.49. The number of benzene rings is 2. The van der Waals surface area contributed by atoms with Crippen molar-refractivity contribution in [1.82, 2.24) is 15.0 Å². The zero-order valence-corrected chi connectivity index (χ0v) is 22.0. The highest BCUT2D eigenvalue weighted by Gasteiger charge is 2.25. The molecule has 2 N–H and O–H groups in total. The van der Waals surface area contributed by atoms with Crippen LogP contribution >= 0.6 is 11.8 Å². The van der Waals surface area contributed by atoms with Crippen LogP contribution in [0, 0.1) is 6.92 Å². The van der Waals surface area contributed by atoms with Gasteiger partial charge in [0.05, 0.1) is 12.5 Å². The van der Waals surface area contributed by atoms with Crippen LogP contribution in [-0.2, 0) is 21.4 Å². The van der Waals surface area contributed by atoms with Crippen molar-refractivity contribution < 1.29 is 22.7 Å². The van der Waals surface area contributed by atoms with Gasteiger partial charge in [0, 0.05) is 11.8 Å². The summed E-state index contributed by atoms with van der Waals surface area (Å²) in [7, 11) is -3.76. The van der Waals surface area contributed by atoms with Crippen molar-refractivity contribution in [2.45, 2.75) is 26.0 Å². The van der Waals surface area contributed by atoms with Crippen LogP contribution in [0.25, 0.3) is 11.1 Å². The average Bonchev–Trinajstić information content (AvgIpc) is 2.85. The van der Waals surface area contributed by atoms with Gasteiger partial charge in [0.15, 0.2) is 0 Å². The molecule has 1 aromatic heterocycles. The quantitative estimate of drug-likeness (QED) is 0.392. The van der Waals surface area contributed by atoms with Gasteiger partial charge in [-0.25, -0.2) is 8.42 Å². The normalized spacial score (nSPS) is 12.0. The molecule has 0 fully saturated rings. The van der Waals surface area contributed by atoms with Crippen molar-refractivity contribution in [3.05, 3.63) is 83.7 Å². The van der Waals surface area contributed by atoms with E-state index in [1.54, 1.807) is 30.6 Å². The lowest BCUT2D eigenvalue weighted by Crippen LogP contribution is -2.48. The molecular weight excluding hydrogens is 498 g/mol. The molecular formula is C26H29N3O5S2. The van der Waals surface area contributed by atoms with Crippen LogP contribution in [0.4, 0.5) is 0 Å². The van der Waals surface area contributed by atoms with Gasteiger partial charge in [-0.3, -0.25) is 19.3 Å².